The van der Waals surface area contributed by atoms with Gasteiger partial charge in [0.15, 0.2) is 17.5 Å². The van der Waals surface area contributed by atoms with E-state index >= 15 is 0 Å². The molecule has 0 saturated heterocycles. The van der Waals surface area contributed by atoms with Crippen molar-refractivity contribution in [2.45, 2.75) is 19.1 Å². The fourth-order valence-electron chi connectivity index (χ4n) is 3.10. The first-order valence-electron chi connectivity index (χ1n) is 10.1. The Labute approximate surface area is 184 Å². The van der Waals surface area contributed by atoms with E-state index in [-0.39, 0.29) is 18.0 Å². The second-order valence-electron chi connectivity index (χ2n) is 7.31. The average molecular weight is 433 g/mol. The summed E-state index contributed by atoms with van der Waals surface area (Å²) in [6.07, 6.45) is -0.125. The Morgan fingerprint density at radius 1 is 1.00 bits per heavy atom. The van der Waals surface area contributed by atoms with Crippen LogP contribution in [-0.2, 0) is 0 Å². The monoisotopic (exact) mass is 432 g/mol. The summed E-state index contributed by atoms with van der Waals surface area (Å²) in [6.45, 7) is 3.12. The fraction of sp³-hybridized carbons (Fsp3) is 0.435. The number of guanidine groups is 1. The highest BCUT2D eigenvalue weighted by atomic mass is 19.1. The van der Waals surface area contributed by atoms with Crippen molar-refractivity contribution in [1.29, 1.82) is 0 Å². The van der Waals surface area contributed by atoms with Gasteiger partial charge in [0.25, 0.3) is 0 Å². The molecule has 7 nitrogen and oxygen atoms in total. The SMILES string of the molecule is CN=C(NCC(C)Oc1ccc(F)cc1)NCC(c1ccc(OC)c(OC)c1)N(C)C. The predicted octanol–water partition coefficient (Wildman–Crippen LogP) is 3.08. The van der Waals surface area contributed by atoms with Crippen LogP contribution in [-0.4, -0.2) is 65.4 Å². The molecule has 2 aromatic carbocycles. The van der Waals surface area contributed by atoms with Gasteiger partial charge < -0.3 is 29.7 Å². The zero-order valence-electron chi connectivity index (χ0n) is 19.1. The molecular formula is C23H33FN4O3. The Hall–Kier alpha value is -3.00. The van der Waals surface area contributed by atoms with Crippen molar-refractivity contribution in [2.24, 2.45) is 4.99 Å². The van der Waals surface area contributed by atoms with Gasteiger partial charge in [-0.2, -0.15) is 0 Å². The third-order valence-electron chi connectivity index (χ3n) is 4.81. The summed E-state index contributed by atoms with van der Waals surface area (Å²) in [5.74, 6) is 2.40. The lowest BCUT2D eigenvalue weighted by Gasteiger charge is -2.27. The number of aliphatic imine (C=N–C) groups is 1. The van der Waals surface area contributed by atoms with Gasteiger partial charge in [0.1, 0.15) is 17.7 Å². The molecule has 2 aromatic rings. The van der Waals surface area contributed by atoms with Crippen LogP contribution in [0, 0.1) is 5.82 Å². The Morgan fingerprint density at radius 3 is 2.23 bits per heavy atom. The predicted molar refractivity (Wildman–Crippen MR) is 122 cm³/mol. The van der Waals surface area contributed by atoms with E-state index in [4.69, 9.17) is 14.2 Å². The van der Waals surface area contributed by atoms with Gasteiger partial charge in [-0.25, -0.2) is 4.39 Å². The van der Waals surface area contributed by atoms with Gasteiger partial charge in [-0.1, -0.05) is 6.07 Å². The van der Waals surface area contributed by atoms with Gasteiger partial charge in [0.2, 0.25) is 0 Å². The Morgan fingerprint density at radius 2 is 1.65 bits per heavy atom. The van der Waals surface area contributed by atoms with Crippen LogP contribution in [0.1, 0.15) is 18.5 Å². The Balaban J connectivity index is 1.93. The van der Waals surface area contributed by atoms with Gasteiger partial charge in [0, 0.05) is 13.6 Å². The molecule has 2 rings (SSSR count). The molecule has 0 fully saturated rings. The molecule has 0 bridgehead atoms. The van der Waals surface area contributed by atoms with Crippen LogP contribution in [0.5, 0.6) is 17.2 Å². The molecular weight excluding hydrogens is 399 g/mol. The number of methoxy groups -OCH3 is 2. The van der Waals surface area contributed by atoms with Crippen LogP contribution in [0.4, 0.5) is 4.39 Å². The van der Waals surface area contributed by atoms with E-state index in [9.17, 15) is 4.39 Å². The molecule has 0 aromatic heterocycles. The minimum absolute atomic E-state index is 0.0891. The quantitative estimate of drug-likeness (QED) is 0.444. The maximum absolute atomic E-state index is 13.0. The number of hydrogen-bond donors (Lipinski definition) is 2. The molecule has 31 heavy (non-hydrogen) atoms. The van der Waals surface area contributed by atoms with Crippen molar-refractivity contribution in [3.63, 3.8) is 0 Å². The minimum atomic E-state index is -0.285. The minimum Gasteiger partial charge on any atom is -0.493 e. The fourth-order valence-corrected chi connectivity index (χ4v) is 3.10. The first kappa shape index (κ1) is 24.3. The number of ether oxygens (including phenoxy) is 3. The third kappa shape index (κ3) is 7.32. The first-order chi connectivity index (χ1) is 14.9. The summed E-state index contributed by atoms with van der Waals surface area (Å²) >= 11 is 0. The van der Waals surface area contributed by atoms with Gasteiger partial charge in [-0.15, -0.1) is 0 Å². The highest BCUT2D eigenvalue weighted by Gasteiger charge is 2.17. The first-order valence-corrected chi connectivity index (χ1v) is 10.1. The normalized spacial score (nSPS) is 13.5. The summed E-state index contributed by atoms with van der Waals surface area (Å²) in [5.41, 5.74) is 1.10. The summed E-state index contributed by atoms with van der Waals surface area (Å²) in [5, 5.41) is 6.63. The van der Waals surface area contributed by atoms with Crippen molar-refractivity contribution < 1.29 is 18.6 Å². The molecule has 2 N–H and O–H groups in total. The van der Waals surface area contributed by atoms with E-state index in [0.29, 0.717) is 36.3 Å². The summed E-state index contributed by atoms with van der Waals surface area (Å²) in [6, 6.07) is 12.0. The molecule has 170 valence electrons. The van der Waals surface area contributed by atoms with E-state index < -0.39 is 0 Å². The van der Waals surface area contributed by atoms with Crippen LogP contribution in [0.3, 0.4) is 0 Å². The smallest absolute Gasteiger partial charge is 0.191 e. The topological polar surface area (TPSA) is 67.4 Å². The molecule has 0 saturated carbocycles. The van der Waals surface area contributed by atoms with Crippen molar-refractivity contribution in [3.8, 4) is 17.2 Å². The average Bonchev–Trinajstić information content (AvgIpc) is 2.77. The van der Waals surface area contributed by atoms with E-state index in [1.165, 1.54) is 12.1 Å². The van der Waals surface area contributed by atoms with Crippen molar-refractivity contribution >= 4 is 5.96 Å². The van der Waals surface area contributed by atoms with E-state index in [1.54, 1.807) is 33.4 Å². The lowest BCUT2D eigenvalue weighted by molar-refractivity contribution is 0.223. The number of nitrogens with one attached hydrogen (secondary N) is 2. The van der Waals surface area contributed by atoms with Crippen molar-refractivity contribution in [2.75, 3.05) is 48.5 Å². The number of likely N-dealkylation sites (N-methyl/N-ethyl adjacent to an activating group) is 1. The molecule has 0 radical (unpaired) electrons. The Kier molecular flexibility index (Phi) is 9.40. The zero-order chi connectivity index (χ0) is 22.8. The summed E-state index contributed by atoms with van der Waals surface area (Å²) < 4.78 is 29.6. The highest BCUT2D eigenvalue weighted by Crippen LogP contribution is 2.31. The number of nitrogens with zero attached hydrogens (tertiary/aromatic N) is 2. The van der Waals surface area contributed by atoms with Gasteiger partial charge in [-0.3, -0.25) is 4.99 Å². The molecule has 0 aliphatic heterocycles. The lowest BCUT2D eigenvalue weighted by Crippen LogP contribution is -2.44. The zero-order valence-corrected chi connectivity index (χ0v) is 19.1. The van der Waals surface area contributed by atoms with Gasteiger partial charge in [0.05, 0.1) is 26.8 Å². The van der Waals surface area contributed by atoms with Crippen molar-refractivity contribution in [3.05, 3.63) is 53.8 Å². The van der Waals surface area contributed by atoms with Gasteiger partial charge >= 0.3 is 0 Å². The van der Waals surface area contributed by atoms with Crippen LogP contribution >= 0.6 is 0 Å². The van der Waals surface area contributed by atoms with E-state index in [1.807, 2.05) is 39.2 Å². The highest BCUT2D eigenvalue weighted by molar-refractivity contribution is 5.79. The number of hydrogen-bond acceptors (Lipinski definition) is 5. The maximum Gasteiger partial charge on any atom is 0.191 e. The molecule has 0 aliphatic carbocycles. The number of benzene rings is 2. The van der Waals surface area contributed by atoms with E-state index in [0.717, 1.165) is 5.56 Å². The lowest BCUT2D eigenvalue weighted by atomic mass is 10.1. The molecule has 0 amide bonds. The summed E-state index contributed by atoms with van der Waals surface area (Å²) in [4.78, 5) is 6.42. The number of halogens is 1. The maximum atomic E-state index is 13.0. The van der Waals surface area contributed by atoms with Crippen LogP contribution in [0.25, 0.3) is 0 Å². The molecule has 0 heterocycles. The largest absolute Gasteiger partial charge is 0.493 e. The van der Waals surface area contributed by atoms with Crippen LogP contribution in [0.15, 0.2) is 47.5 Å². The van der Waals surface area contributed by atoms with Gasteiger partial charge in [-0.05, 0) is 63.0 Å². The molecule has 2 unspecified atom stereocenters. The molecule has 8 heteroatoms. The van der Waals surface area contributed by atoms with Crippen LogP contribution in [0.2, 0.25) is 0 Å². The second kappa shape index (κ2) is 12.0. The van der Waals surface area contributed by atoms with E-state index in [2.05, 4.69) is 20.5 Å². The third-order valence-corrected chi connectivity index (χ3v) is 4.81. The molecule has 0 aliphatic rings. The summed E-state index contributed by atoms with van der Waals surface area (Å²) in [7, 11) is 9.03. The van der Waals surface area contributed by atoms with Crippen molar-refractivity contribution in [1.82, 2.24) is 15.5 Å². The Bertz CT molecular complexity index is 843. The number of rotatable bonds is 10. The van der Waals surface area contributed by atoms with Crippen LogP contribution < -0.4 is 24.8 Å². The molecule has 0 spiro atoms. The molecule has 2 atom stereocenters. The second-order valence-corrected chi connectivity index (χ2v) is 7.31. The standard InChI is InChI=1S/C23H33FN4O3/c1-16(31-19-10-8-18(24)9-11-19)14-26-23(25-2)27-15-20(28(3)4)17-7-12-21(29-5)22(13-17)30-6/h7-13,16,20H,14-15H2,1-6H3,(H2,25,26,27).